The molecule has 1 atom stereocenters. The van der Waals surface area contributed by atoms with Crippen molar-refractivity contribution >= 4 is 0 Å². The first-order valence-corrected chi connectivity index (χ1v) is 9.21. The standard InChI is InChI=1S/C18H30N4O/c1-20-10-17(9-19-20)12-21-6-2-5-18(13-21)14-22(7-8-23-15-18)11-16-3-4-16/h9-10,16H,2-8,11-15H2,1H3. The Hall–Kier alpha value is -0.910. The van der Waals surface area contributed by atoms with Crippen LogP contribution < -0.4 is 0 Å². The highest BCUT2D eigenvalue weighted by atomic mass is 16.5. The van der Waals surface area contributed by atoms with E-state index in [9.17, 15) is 0 Å². The van der Waals surface area contributed by atoms with Gasteiger partial charge in [-0.25, -0.2) is 0 Å². The molecule has 3 fully saturated rings. The average Bonchev–Trinajstić information content (AvgIpc) is 3.27. The molecule has 5 heteroatoms. The molecule has 1 aromatic rings. The van der Waals surface area contributed by atoms with Crippen molar-refractivity contribution in [2.75, 3.05) is 45.9 Å². The maximum Gasteiger partial charge on any atom is 0.0593 e. The van der Waals surface area contributed by atoms with Crippen LogP contribution in [0.2, 0.25) is 0 Å². The highest BCUT2D eigenvalue weighted by Gasteiger charge is 2.39. The van der Waals surface area contributed by atoms with Crippen LogP contribution in [0.5, 0.6) is 0 Å². The van der Waals surface area contributed by atoms with Crippen molar-refractivity contribution in [3.05, 3.63) is 18.0 Å². The third-order valence-electron chi connectivity index (χ3n) is 5.64. The lowest BCUT2D eigenvalue weighted by Crippen LogP contribution is -2.50. The van der Waals surface area contributed by atoms with Crippen LogP contribution in [0.4, 0.5) is 0 Å². The molecule has 1 aromatic heterocycles. The van der Waals surface area contributed by atoms with E-state index >= 15 is 0 Å². The predicted octanol–water partition coefficient (Wildman–Crippen LogP) is 1.74. The minimum atomic E-state index is 0.339. The van der Waals surface area contributed by atoms with Gasteiger partial charge in [0.05, 0.1) is 19.4 Å². The molecule has 4 rings (SSSR count). The monoisotopic (exact) mass is 318 g/mol. The zero-order valence-corrected chi connectivity index (χ0v) is 14.4. The van der Waals surface area contributed by atoms with Gasteiger partial charge in [-0.15, -0.1) is 0 Å². The van der Waals surface area contributed by atoms with E-state index in [-0.39, 0.29) is 0 Å². The summed E-state index contributed by atoms with van der Waals surface area (Å²) < 4.78 is 7.94. The second kappa shape index (κ2) is 6.54. The molecule has 3 heterocycles. The number of aryl methyl sites for hydroxylation is 1. The number of piperidine rings is 1. The van der Waals surface area contributed by atoms with Gasteiger partial charge in [-0.1, -0.05) is 0 Å². The van der Waals surface area contributed by atoms with Crippen molar-refractivity contribution in [1.29, 1.82) is 0 Å². The van der Waals surface area contributed by atoms with E-state index in [2.05, 4.69) is 21.1 Å². The largest absolute Gasteiger partial charge is 0.379 e. The Morgan fingerprint density at radius 1 is 1.26 bits per heavy atom. The minimum absolute atomic E-state index is 0.339. The Balaban J connectivity index is 1.41. The number of hydrogen-bond acceptors (Lipinski definition) is 4. The summed E-state index contributed by atoms with van der Waals surface area (Å²) in [5, 5.41) is 4.31. The van der Waals surface area contributed by atoms with Crippen molar-refractivity contribution in [2.45, 2.75) is 32.2 Å². The van der Waals surface area contributed by atoms with Crippen LogP contribution in [0.25, 0.3) is 0 Å². The van der Waals surface area contributed by atoms with Gasteiger partial charge in [-0.2, -0.15) is 5.10 Å². The van der Waals surface area contributed by atoms with E-state index in [0.29, 0.717) is 5.41 Å². The van der Waals surface area contributed by atoms with Crippen LogP contribution in [0, 0.1) is 11.3 Å². The maximum absolute atomic E-state index is 6.04. The van der Waals surface area contributed by atoms with E-state index in [0.717, 1.165) is 32.2 Å². The molecule has 1 unspecified atom stereocenters. The summed E-state index contributed by atoms with van der Waals surface area (Å²) in [6, 6.07) is 0. The van der Waals surface area contributed by atoms with E-state index in [1.807, 2.05) is 17.9 Å². The van der Waals surface area contributed by atoms with Gasteiger partial charge in [0.2, 0.25) is 0 Å². The molecule has 0 radical (unpaired) electrons. The van der Waals surface area contributed by atoms with Gasteiger partial charge >= 0.3 is 0 Å². The fourth-order valence-corrected chi connectivity index (χ4v) is 4.41. The minimum Gasteiger partial charge on any atom is -0.379 e. The first-order valence-electron chi connectivity index (χ1n) is 9.21. The van der Waals surface area contributed by atoms with Crippen LogP contribution in [0.15, 0.2) is 12.4 Å². The molecule has 128 valence electrons. The Bertz CT molecular complexity index is 527. The van der Waals surface area contributed by atoms with Crippen LogP contribution in [-0.2, 0) is 18.3 Å². The van der Waals surface area contributed by atoms with Gasteiger partial charge in [0.1, 0.15) is 0 Å². The maximum atomic E-state index is 6.04. The topological polar surface area (TPSA) is 33.5 Å². The normalized spacial score (nSPS) is 30.7. The molecule has 0 aromatic carbocycles. The molecule has 1 spiro atoms. The first kappa shape index (κ1) is 15.6. The van der Waals surface area contributed by atoms with E-state index in [1.165, 1.54) is 57.4 Å². The zero-order chi connectivity index (χ0) is 15.7. The molecule has 0 N–H and O–H groups in total. The Morgan fingerprint density at radius 3 is 2.91 bits per heavy atom. The van der Waals surface area contributed by atoms with Crippen molar-refractivity contribution in [3.8, 4) is 0 Å². The molecule has 0 bridgehead atoms. The summed E-state index contributed by atoms with van der Waals surface area (Å²) in [5.74, 6) is 0.972. The number of nitrogens with zero attached hydrogens (tertiary/aromatic N) is 4. The van der Waals surface area contributed by atoms with Gasteiger partial charge in [0.25, 0.3) is 0 Å². The van der Waals surface area contributed by atoms with Crippen LogP contribution in [0.3, 0.4) is 0 Å². The van der Waals surface area contributed by atoms with Gasteiger partial charge in [-0.3, -0.25) is 9.58 Å². The van der Waals surface area contributed by atoms with Crippen molar-refractivity contribution in [1.82, 2.24) is 19.6 Å². The number of rotatable bonds is 4. The molecular formula is C18H30N4O. The van der Waals surface area contributed by atoms with Gasteiger partial charge in [-0.05, 0) is 38.1 Å². The van der Waals surface area contributed by atoms with Crippen LogP contribution in [0.1, 0.15) is 31.2 Å². The van der Waals surface area contributed by atoms with E-state index in [4.69, 9.17) is 4.74 Å². The number of aromatic nitrogens is 2. The molecule has 2 aliphatic heterocycles. The quantitative estimate of drug-likeness (QED) is 0.847. The lowest BCUT2D eigenvalue weighted by molar-refractivity contribution is 0.00274. The molecule has 2 saturated heterocycles. The fraction of sp³-hybridized carbons (Fsp3) is 0.833. The third kappa shape index (κ3) is 3.95. The summed E-state index contributed by atoms with van der Waals surface area (Å²) in [7, 11) is 2.00. The molecule has 0 amide bonds. The number of ether oxygens (including phenoxy) is 1. The summed E-state index contributed by atoms with van der Waals surface area (Å²) in [4.78, 5) is 5.31. The summed E-state index contributed by atoms with van der Waals surface area (Å²) in [6.45, 7) is 8.91. The molecule has 1 aliphatic carbocycles. The SMILES string of the molecule is Cn1cc(CN2CCCC3(COCCN(CC4CC4)C3)C2)cn1. The summed E-state index contributed by atoms with van der Waals surface area (Å²) >= 11 is 0. The Kier molecular flexibility index (Phi) is 4.43. The number of likely N-dealkylation sites (tertiary alicyclic amines) is 1. The highest BCUT2D eigenvalue weighted by Crippen LogP contribution is 2.36. The van der Waals surface area contributed by atoms with E-state index < -0.39 is 0 Å². The molecular weight excluding hydrogens is 288 g/mol. The van der Waals surface area contributed by atoms with Crippen molar-refractivity contribution < 1.29 is 4.74 Å². The molecule has 5 nitrogen and oxygen atoms in total. The Morgan fingerprint density at radius 2 is 2.13 bits per heavy atom. The van der Waals surface area contributed by atoms with Gasteiger partial charge in [0.15, 0.2) is 0 Å². The average molecular weight is 318 g/mol. The van der Waals surface area contributed by atoms with Crippen molar-refractivity contribution in [3.63, 3.8) is 0 Å². The predicted molar refractivity (Wildman–Crippen MR) is 90.1 cm³/mol. The lowest BCUT2D eigenvalue weighted by Gasteiger charge is -2.43. The van der Waals surface area contributed by atoms with Crippen LogP contribution in [-0.4, -0.2) is 65.5 Å². The van der Waals surface area contributed by atoms with Gasteiger partial charge < -0.3 is 9.64 Å². The van der Waals surface area contributed by atoms with E-state index in [1.54, 1.807) is 0 Å². The molecule has 1 saturated carbocycles. The second-order valence-corrected chi connectivity index (χ2v) is 8.07. The zero-order valence-electron chi connectivity index (χ0n) is 14.4. The molecule has 3 aliphatic rings. The van der Waals surface area contributed by atoms with Gasteiger partial charge in [0, 0.05) is 56.9 Å². The molecule has 23 heavy (non-hydrogen) atoms. The lowest BCUT2D eigenvalue weighted by atomic mass is 9.80. The highest BCUT2D eigenvalue weighted by molar-refractivity contribution is 5.04. The van der Waals surface area contributed by atoms with Crippen LogP contribution >= 0.6 is 0 Å². The Labute approximate surface area is 139 Å². The fourth-order valence-electron chi connectivity index (χ4n) is 4.41. The first-order chi connectivity index (χ1) is 11.2. The number of hydrogen-bond donors (Lipinski definition) is 0. The summed E-state index contributed by atoms with van der Waals surface area (Å²) in [5.41, 5.74) is 1.67. The smallest absolute Gasteiger partial charge is 0.0593 e. The van der Waals surface area contributed by atoms with Crippen molar-refractivity contribution in [2.24, 2.45) is 18.4 Å². The summed E-state index contributed by atoms with van der Waals surface area (Å²) in [6.07, 6.45) is 9.64. The second-order valence-electron chi connectivity index (χ2n) is 8.07. The third-order valence-corrected chi connectivity index (χ3v) is 5.64.